The zero-order valence-electron chi connectivity index (χ0n) is 14.8. The molecular formula is C19H20N2O5. The summed E-state index contributed by atoms with van der Waals surface area (Å²) in [6.07, 6.45) is 2.17. The molecule has 7 nitrogen and oxygen atoms in total. The van der Waals surface area contributed by atoms with Crippen LogP contribution in [0.25, 0.3) is 0 Å². The van der Waals surface area contributed by atoms with E-state index in [2.05, 4.69) is 10.5 Å². The van der Waals surface area contributed by atoms with Crippen molar-refractivity contribution < 1.29 is 23.8 Å². The molecule has 0 saturated carbocycles. The molecule has 0 spiro atoms. The van der Waals surface area contributed by atoms with Crippen LogP contribution >= 0.6 is 0 Å². The molecule has 2 aromatic rings. The van der Waals surface area contributed by atoms with Gasteiger partial charge < -0.3 is 24.4 Å². The second kappa shape index (κ2) is 7.77. The molecule has 3 rings (SSSR count). The number of hydrogen-bond donors (Lipinski definition) is 1. The number of nitrogens with one attached hydrogen (secondary N) is 1. The largest absolute Gasteiger partial charge is 0.493 e. The van der Waals surface area contributed by atoms with Gasteiger partial charge in [-0.1, -0.05) is 23.4 Å². The summed E-state index contributed by atoms with van der Waals surface area (Å²) in [7, 11) is 4.53. The maximum absolute atomic E-state index is 12.8. The number of rotatable bonds is 6. The molecule has 0 aliphatic carbocycles. The molecule has 1 aliphatic rings. The first-order chi connectivity index (χ1) is 12.7. The quantitative estimate of drug-likeness (QED) is 0.858. The van der Waals surface area contributed by atoms with Crippen molar-refractivity contribution >= 4 is 17.8 Å². The van der Waals surface area contributed by atoms with Crippen LogP contribution in [0.5, 0.6) is 17.2 Å². The smallest absolute Gasteiger partial charge is 0.255 e. The minimum absolute atomic E-state index is 0.202. The topological polar surface area (TPSA) is 78.4 Å². The van der Waals surface area contributed by atoms with Crippen molar-refractivity contribution in [2.45, 2.75) is 12.5 Å². The Hall–Kier alpha value is -3.22. The van der Waals surface area contributed by atoms with Crippen LogP contribution in [-0.2, 0) is 4.84 Å². The predicted octanol–water partition coefficient (Wildman–Crippen LogP) is 3.41. The summed E-state index contributed by atoms with van der Waals surface area (Å²) < 4.78 is 15.9. The van der Waals surface area contributed by atoms with Crippen LogP contribution in [0.1, 0.15) is 28.4 Å². The van der Waals surface area contributed by atoms with Gasteiger partial charge in [0.1, 0.15) is 0 Å². The molecule has 1 amide bonds. The second-order valence-electron chi connectivity index (χ2n) is 5.57. The summed E-state index contributed by atoms with van der Waals surface area (Å²) in [5.74, 6) is 0.967. The first-order valence-corrected chi connectivity index (χ1v) is 8.05. The van der Waals surface area contributed by atoms with E-state index in [9.17, 15) is 4.79 Å². The van der Waals surface area contributed by atoms with Crippen LogP contribution < -0.4 is 19.5 Å². The van der Waals surface area contributed by atoms with Gasteiger partial charge in [0, 0.05) is 29.4 Å². The maximum Gasteiger partial charge on any atom is 0.255 e. The van der Waals surface area contributed by atoms with Gasteiger partial charge in [0.2, 0.25) is 5.75 Å². The Kier molecular flexibility index (Phi) is 5.26. The molecule has 0 bridgehead atoms. The fraction of sp³-hybridized carbons (Fsp3) is 0.263. The number of anilines is 1. The van der Waals surface area contributed by atoms with Gasteiger partial charge in [0.15, 0.2) is 17.6 Å². The van der Waals surface area contributed by atoms with Crippen molar-refractivity contribution in [1.82, 2.24) is 0 Å². The molecule has 0 unspecified atom stereocenters. The van der Waals surface area contributed by atoms with Gasteiger partial charge in [-0.15, -0.1) is 0 Å². The normalized spacial score (nSPS) is 15.3. The Balaban J connectivity index is 1.89. The fourth-order valence-corrected chi connectivity index (χ4v) is 2.78. The van der Waals surface area contributed by atoms with E-state index in [1.807, 2.05) is 24.3 Å². The lowest BCUT2D eigenvalue weighted by atomic mass is 10.0. The monoisotopic (exact) mass is 356 g/mol. The maximum atomic E-state index is 12.8. The number of carbonyl (C=O) groups excluding carboxylic acids is 1. The highest BCUT2D eigenvalue weighted by molar-refractivity contribution is 6.05. The Morgan fingerprint density at radius 3 is 2.38 bits per heavy atom. The Bertz CT molecular complexity index is 801. The number of benzene rings is 2. The Morgan fingerprint density at radius 1 is 1.12 bits per heavy atom. The summed E-state index contributed by atoms with van der Waals surface area (Å²) in [5, 5.41) is 6.72. The first kappa shape index (κ1) is 17.6. The number of methoxy groups -OCH3 is 3. The minimum Gasteiger partial charge on any atom is -0.493 e. The van der Waals surface area contributed by atoms with E-state index in [1.165, 1.54) is 21.3 Å². The summed E-state index contributed by atoms with van der Waals surface area (Å²) in [6.45, 7) is 0. The number of hydrogen-bond acceptors (Lipinski definition) is 6. The van der Waals surface area contributed by atoms with E-state index in [0.29, 0.717) is 34.9 Å². The Labute approximate surface area is 151 Å². The Morgan fingerprint density at radius 2 is 1.81 bits per heavy atom. The number of ether oxygens (including phenoxy) is 3. The molecule has 1 N–H and O–H groups in total. The van der Waals surface area contributed by atoms with E-state index >= 15 is 0 Å². The van der Waals surface area contributed by atoms with Crippen LogP contribution in [0.2, 0.25) is 0 Å². The van der Waals surface area contributed by atoms with E-state index in [0.717, 1.165) is 5.56 Å². The average molecular weight is 356 g/mol. The van der Waals surface area contributed by atoms with Crippen LogP contribution in [0.3, 0.4) is 0 Å². The van der Waals surface area contributed by atoms with Gasteiger partial charge in [0.05, 0.1) is 21.3 Å². The second-order valence-corrected chi connectivity index (χ2v) is 5.57. The zero-order chi connectivity index (χ0) is 18.5. The highest BCUT2D eigenvalue weighted by Gasteiger charge is 2.22. The van der Waals surface area contributed by atoms with Crippen molar-refractivity contribution in [1.29, 1.82) is 0 Å². The lowest BCUT2D eigenvalue weighted by Crippen LogP contribution is -2.15. The van der Waals surface area contributed by atoms with Crippen molar-refractivity contribution in [3.05, 3.63) is 47.5 Å². The van der Waals surface area contributed by atoms with E-state index < -0.39 is 0 Å². The molecule has 7 heteroatoms. The molecule has 1 aliphatic heterocycles. The lowest BCUT2D eigenvalue weighted by molar-refractivity contribution is 0.0861. The van der Waals surface area contributed by atoms with Gasteiger partial charge in [-0.25, -0.2) is 0 Å². The number of nitrogens with zero attached hydrogens (tertiary/aromatic N) is 1. The van der Waals surface area contributed by atoms with Crippen molar-refractivity contribution in [3.63, 3.8) is 0 Å². The van der Waals surface area contributed by atoms with Crippen molar-refractivity contribution in [2.24, 2.45) is 5.16 Å². The highest BCUT2D eigenvalue weighted by Crippen LogP contribution is 2.38. The number of carbonyl (C=O) groups is 1. The van der Waals surface area contributed by atoms with Gasteiger partial charge >= 0.3 is 0 Å². The van der Waals surface area contributed by atoms with E-state index in [4.69, 9.17) is 19.0 Å². The fourth-order valence-electron chi connectivity index (χ4n) is 2.78. The summed E-state index contributed by atoms with van der Waals surface area (Å²) in [5.41, 5.74) is 1.92. The molecule has 0 radical (unpaired) electrons. The van der Waals surface area contributed by atoms with Crippen molar-refractivity contribution in [3.8, 4) is 17.2 Å². The molecule has 136 valence electrons. The number of oxime groups is 1. The van der Waals surface area contributed by atoms with Crippen LogP contribution in [0.15, 0.2) is 41.6 Å². The lowest BCUT2D eigenvalue weighted by Gasteiger charge is -2.16. The number of para-hydroxylation sites is 1. The van der Waals surface area contributed by atoms with Gasteiger partial charge in [0.25, 0.3) is 5.91 Å². The highest BCUT2D eigenvalue weighted by atomic mass is 16.6. The van der Waals surface area contributed by atoms with E-state index in [-0.39, 0.29) is 12.0 Å². The zero-order valence-corrected chi connectivity index (χ0v) is 14.8. The molecule has 1 heterocycles. The summed E-state index contributed by atoms with van der Waals surface area (Å²) in [6, 6.07) is 10.7. The van der Waals surface area contributed by atoms with Crippen LogP contribution in [-0.4, -0.2) is 33.5 Å². The molecule has 0 aromatic heterocycles. The van der Waals surface area contributed by atoms with Crippen molar-refractivity contribution in [2.75, 3.05) is 26.6 Å². The average Bonchev–Trinajstić information content (AvgIpc) is 3.21. The predicted molar refractivity (Wildman–Crippen MR) is 97.4 cm³/mol. The van der Waals surface area contributed by atoms with Gasteiger partial charge in [-0.2, -0.15) is 0 Å². The first-order valence-electron chi connectivity index (χ1n) is 8.05. The van der Waals surface area contributed by atoms with Gasteiger partial charge in [-0.05, 0) is 18.2 Å². The molecular weight excluding hydrogens is 336 g/mol. The molecule has 26 heavy (non-hydrogen) atoms. The third-order valence-corrected chi connectivity index (χ3v) is 4.06. The molecule has 0 saturated heterocycles. The van der Waals surface area contributed by atoms with Gasteiger partial charge in [-0.3, -0.25) is 4.79 Å². The third-order valence-electron chi connectivity index (χ3n) is 4.06. The van der Waals surface area contributed by atoms with Crippen LogP contribution in [0.4, 0.5) is 5.69 Å². The molecule has 0 fully saturated rings. The SMILES string of the molecule is COc1cc(C(=O)Nc2ccccc2[C@@H]2CC=NO2)cc(OC)c1OC. The molecule has 1 atom stereocenters. The summed E-state index contributed by atoms with van der Waals surface area (Å²) in [4.78, 5) is 18.1. The minimum atomic E-state index is -0.296. The number of amides is 1. The third kappa shape index (κ3) is 3.42. The summed E-state index contributed by atoms with van der Waals surface area (Å²) >= 11 is 0. The standard InChI is InChI=1S/C19H20N2O5/c1-23-16-10-12(11-17(24-2)18(16)25-3)19(22)21-14-7-5-4-6-13(14)15-8-9-20-26-15/h4-7,9-11,15H,8H2,1-3H3,(H,21,22)/t15-/m0/s1. The van der Waals surface area contributed by atoms with Crippen LogP contribution in [0, 0.1) is 0 Å². The molecule has 2 aromatic carbocycles. The van der Waals surface area contributed by atoms with E-state index in [1.54, 1.807) is 18.3 Å².